The lowest BCUT2D eigenvalue weighted by Crippen LogP contribution is -2.13. The quantitative estimate of drug-likeness (QED) is 0.536. The van der Waals surface area contributed by atoms with Crippen LogP contribution in [0.5, 0.6) is 0 Å². The van der Waals surface area contributed by atoms with Gasteiger partial charge in [-0.1, -0.05) is 5.73 Å². The molecule has 0 saturated carbocycles. The largest absolute Gasteiger partial charge is 0.423 e. The second-order valence-corrected chi connectivity index (χ2v) is 2.14. The van der Waals surface area contributed by atoms with Crippen LogP contribution in [0, 0.1) is 0 Å². The van der Waals surface area contributed by atoms with Gasteiger partial charge in [-0.25, -0.2) is 0 Å². The first-order valence-corrected chi connectivity index (χ1v) is 2.98. The van der Waals surface area contributed by atoms with Crippen molar-refractivity contribution < 1.29 is 13.2 Å². The van der Waals surface area contributed by atoms with Crippen molar-refractivity contribution in [3.63, 3.8) is 0 Å². The molecule has 0 bridgehead atoms. The maximum atomic E-state index is 11.9. The number of nitrogens with one attached hydrogen (secondary N) is 1. The molecule has 0 aliphatic carbocycles. The summed E-state index contributed by atoms with van der Waals surface area (Å²) in [4.78, 5) is 0. The summed E-state index contributed by atoms with van der Waals surface area (Å²) in [5.41, 5.74) is 1.80. The highest BCUT2D eigenvalue weighted by atomic mass is 19.4. The highest BCUT2D eigenvalue weighted by molar-refractivity contribution is 5.28. The zero-order valence-corrected chi connectivity index (χ0v) is 5.79. The van der Waals surface area contributed by atoms with Crippen LogP contribution < -0.4 is 5.32 Å². The van der Waals surface area contributed by atoms with E-state index in [4.69, 9.17) is 0 Å². The summed E-state index contributed by atoms with van der Waals surface area (Å²) in [7, 11) is 0. The first kappa shape index (κ1) is 7.95. The molecule has 0 spiro atoms. The van der Waals surface area contributed by atoms with E-state index < -0.39 is 11.7 Å². The van der Waals surface area contributed by atoms with Crippen LogP contribution in [0.2, 0.25) is 0 Å². The minimum Gasteiger partial charge on any atom is -0.359 e. The van der Waals surface area contributed by atoms with E-state index in [1.807, 2.05) is 0 Å². The van der Waals surface area contributed by atoms with Crippen LogP contribution in [0.15, 0.2) is 29.3 Å². The molecule has 0 unspecified atom stereocenters. The molecule has 0 fully saturated rings. The fourth-order valence-electron chi connectivity index (χ4n) is 0.695. The predicted molar refractivity (Wildman–Crippen MR) is 34.5 cm³/mol. The summed E-state index contributed by atoms with van der Waals surface area (Å²) in [6, 6.07) is 0. The van der Waals surface area contributed by atoms with Crippen molar-refractivity contribution in [3.8, 4) is 0 Å². The molecule has 1 rings (SSSR count). The summed E-state index contributed by atoms with van der Waals surface area (Å²) in [6.07, 6.45) is -2.10. The van der Waals surface area contributed by atoms with E-state index in [1.54, 1.807) is 0 Å². The van der Waals surface area contributed by atoms with Crippen molar-refractivity contribution in [2.75, 3.05) is 0 Å². The zero-order chi connectivity index (χ0) is 8.48. The number of alkyl halides is 3. The molecule has 0 aromatic carbocycles. The van der Waals surface area contributed by atoms with Gasteiger partial charge in [-0.2, -0.15) is 13.2 Å². The fraction of sp³-hybridized carbons (Fsp3) is 0.286. The molecule has 0 atom stereocenters. The lowest BCUT2D eigenvalue weighted by Gasteiger charge is -2.08. The SMILES string of the molecule is CC1=C=C(C(F)(F)F)C=CN1. The average Bonchev–Trinajstić information content (AvgIpc) is 1.86. The Morgan fingerprint density at radius 2 is 2.09 bits per heavy atom. The Balaban J connectivity index is 3.05. The van der Waals surface area contributed by atoms with Crippen LogP contribution in [0.25, 0.3) is 0 Å². The minimum atomic E-state index is -4.29. The number of allylic oxidation sites excluding steroid dienone is 2. The molecule has 0 saturated heterocycles. The second kappa shape index (κ2) is 2.47. The van der Waals surface area contributed by atoms with E-state index in [0.29, 0.717) is 5.70 Å². The normalized spacial score (nSPS) is 17.1. The van der Waals surface area contributed by atoms with Gasteiger partial charge in [0.1, 0.15) is 5.57 Å². The highest BCUT2D eigenvalue weighted by Crippen LogP contribution is 2.26. The van der Waals surface area contributed by atoms with E-state index in [1.165, 1.54) is 13.1 Å². The highest BCUT2D eigenvalue weighted by Gasteiger charge is 2.32. The van der Waals surface area contributed by atoms with Gasteiger partial charge in [0.05, 0.1) is 5.70 Å². The molecule has 1 aliphatic rings. The molecule has 0 radical (unpaired) electrons. The Bertz CT molecular complexity index is 253. The third-order valence-corrected chi connectivity index (χ3v) is 1.18. The predicted octanol–water partition coefficient (Wildman–Crippen LogP) is 2.09. The third-order valence-electron chi connectivity index (χ3n) is 1.18. The molecular weight excluding hydrogens is 155 g/mol. The van der Waals surface area contributed by atoms with Crippen molar-refractivity contribution in [3.05, 3.63) is 29.3 Å². The van der Waals surface area contributed by atoms with Gasteiger partial charge >= 0.3 is 6.18 Å². The topological polar surface area (TPSA) is 12.0 Å². The molecule has 4 heteroatoms. The lowest BCUT2D eigenvalue weighted by molar-refractivity contribution is -0.0881. The monoisotopic (exact) mass is 161 g/mol. The number of hydrogen-bond acceptors (Lipinski definition) is 1. The van der Waals surface area contributed by atoms with Crippen molar-refractivity contribution in [1.29, 1.82) is 0 Å². The van der Waals surface area contributed by atoms with E-state index in [0.717, 1.165) is 6.08 Å². The molecule has 0 amide bonds. The number of rotatable bonds is 0. The van der Waals surface area contributed by atoms with Crippen LogP contribution >= 0.6 is 0 Å². The van der Waals surface area contributed by atoms with Crippen molar-refractivity contribution in [1.82, 2.24) is 5.32 Å². The summed E-state index contributed by atoms with van der Waals surface area (Å²) in [5, 5.41) is 2.59. The maximum absolute atomic E-state index is 11.9. The zero-order valence-electron chi connectivity index (χ0n) is 5.79. The van der Waals surface area contributed by atoms with Crippen LogP contribution in [-0.4, -0.2) is 6.18 Å². The Hall–Kier alpha value is -1.15. The third kappa shape index (κ3) is 1.88. The smallest absolute Gasteiger partial charge is 0.359 e. The van der Waals surface area contributed by atoms with Crippen molar-refractivity contribution >= 4 is 0 Å². The van der Waals surface area contributed by atoms with Gasteiger partial charge in [0.25, 0.3) is 0 Å². The van der Waals surface area contributed by atoms with E-state index in [9.17, 15) is 13.2 Å². The standard InChI is InChI=1S/C7H6F3N/c1-5-4-6(2-3-11-5)7(8,9)10/h2-3,11H,1H3. The molecule has 1 N–H and O–H groups in total. The van der Waals surface area contributed by atoms with Gasteiger partial charge in [-0.05, 0) is 13.0 Å². The van der Waals surface area contributed by atoms with E-state index in [2.05, 4.69) is 11.0 Å². The first-order chi connectivity index (χ1) is 5.00. The van der Waals surface area contributed by atoms with E-state index >= 15 is 0 Å². The fourth-order valence-corrected chi connectivity index (χ4v) is 0.695. The Morgan fingerprint density at radius 3 is 2.45 bits per heavy atom. The second-order valence-electron chi connectivity index (χ2n) is 2.14. The molecule has 11 heavy (non-hydrogen) atoms. The minimum absolute atomic E-state index is 0.375. The van der Waals surface area contributed by atoms with Crippen LogP contribution in [0.1, 0.15) is 6.92 Å². The Morgan fingerprint density at radius 1 is 1.45 bits per heavy atom. The lowest BCUT2D eigenvalue weighted by atomic mass is 10.2. The number of hydrogen-bond donors (Lipinski definition) is 1. The molecule has 1 aliphatic heterocycles. The summed E-state index contributed by atoms with van der Waals surface area (Å²) < 4.78 is 35.8. The van der Waals surface area contributed by atoms with Gasteiger partial charge in [-0.3, -0.25) is 0 Å². The van der Waals surface area contributed by atoms with Gasteiger partial charge in [0.15, 0.2) is 0 Å². The molecule has 0 aromatic rings. The Labute approximate surface area is 61.9 Å². The molecule has 1 nitrogen and oxygen atoms in total. The van der Waals surface area contributed by atoms with Crippen LogP contribution in [0.3, 0.4) is 0 Å². The first-order valence-electron chi connectivity index (χ1n) is 2.98. The Kier molecular flexibility index (Phi) is 1.79. The van der Waals surface area contributed by atoms with Crippen molar-refractivity contribution in [2.45, 2.75) is 13.1 Å². The van der Waals surface area contributed by atoms with Gasteiger partial charge < -0.3 is 5.32 Å². The number of halogens is 3. The van der Waals surface area contributed by atoms with Crippen LogP contribution in [-0.2, 0) is 0 Å². The molecule has 0 aromatic heterocycles. The van der Waals surface area contributed by atoms with Gasteiger partial charge in [0.2, 0.25) is 0 Å². The summed E-state index contributed by atoms with van der Waals surface area (Å²) in [5.74, 6) is 0. The summed E-state index contributed by atoms with van der Waals surface area (Å²) >= 11 is 0. The maximum Gasteiger partial charge on any atom is 0.423 e. The van der Waals surface area contributed by atoms with Crippen molar-refractivity contribution in [2.24, 2.45) is 0 Å². The molecule has 60 valence electrons. The van der Waals surface area contributed by atoms with Crippen LogP contribution in [0.4, 0.5) is 13.2 Å². The molecular formula is C7H6F3N. The van der Waals surface area contributed by atoms with E-state index in [-0.39, 0.29) is 0 Å². The molecule has 1 heterocycles. The summed E-state index contributed by atoms with van der Waals surface area (Å²) in [6.45, 7) is 1.52. The van der Waals surface area contributed by atoms with Gasteiger partial charge in [-0.15, -0.1) is 0 Å². The average molecular weight is 161 g/mol. The van der Waals surface area contributed by atoms with Gasteiger partial charge in [0, 0.05) is 6.20 Å².